The van der Waals surface area contributed by atoms with Crippen LogP contribution in [0.25, 0.3) is 62.6 Å². The number of rotatable bonds is 17. The monoisotopic (exact) mass is 1450 g/mol. The summed E-state index contributed by atoms with van der Waals surface area (Å²) in [7, 11) is 0. The number of benzene rings is 14. The zero-order valence-corrected chi connectivity index (χ0v) is 63.5. The van der Waals surface area contributed by atoms with Crippen LogP contribution in [0.4, 0.5) is 68.2 Å². The van der Waals surface area contributed by atoms with E-state index in [4.69, 9.17) is 0 Å². The van der Waals surface area contributed by atoms with E-state index in [0.29, 0.717) is 23.2 Å². The second-order valence-corrected chi connectivity index (χ2v) is 35.4. The van der Waals surface area contributed by atoms with Crippen LogP contribution in [0.2, 0.25) is 0 Å². The predicted octanol–water partition coefficient (Wildman–Crippen LogP) is 30.0. The molecule has 0 radical (unpaired) electrons. The van der Waals surface area contributed by atoms with Gasteiger partial charge in [-0.2, -0.15) is 0 Å². The lowest BCUT2D eigenvalue weighted by atomic mass is 9.44. The Morgan fingerprint density at radius 1 is 0.227 bits per heavy atom. The molecule has 0 saturated heterocycles. The molecule has 0 aliphatic heterocycles. The van der Waals surface area contributed by atoms with Crippen molar-refractivity contribution in [3.8, 4) is 22.3 Å². The van der Waals surface area contributed by atoms with Crippen LogP contribution in [0.5, 0.6) is 0 Å². The fourth-order valence-electron chi connectivity index (χ4n) is 22.7. The number of hydrogen-bond acceptors (Lipinski definition) is 6. The Kier molecular flexibility index (Phi) is 16.0. The highest BCUT2D eigenvalue weighted by Crippen LogP contribution is 2.67. The van der Waals surface area contributed by atoms with Crippen LogP contribution < -0.4 is 19.6 Å². The highest BCUT2D eigenvalue weighted by atomic mass is 32.1. The maximum Gasteiger partial charge on any atom is 0.0482 e. The van der Waals surface area contributed by atoms with Crippen LogP contribution in [0.1, 0.15) is 93.2 Å². The van der Waals surface area contributed by atoms with Crippen LogP contribution in [-0.4, -0.2) is 0 Å². The minimum atomic E-state index is 0.174. The van der Waals surface area contributed by atoms with E-state index in [1.165, 1.54) is 150 Å². The van der Waals surface area contributed by atoms with E-state index in [2.05, 4.69) is 365 Å². The van der Waals surface area contributed by atoms with Gasteiger partial charge < -0.3 is 19.6 Å². The molecule has 0 spiro atoms. The highest BCUT2D eigenvalue weighted by Gasteiger charge is 2.57. The Labute approximate surface area is 653 Å². The van der Waals surface area contributed by atoms with E-state index in [9.17, 15) is 0 Å². The molecule has 8 fully saturated rings. The van der Waals surface area contributed by atoms with Gasteiger partial charge in [0.25, 0.3) is 0 Å². The number of thiophene rings is 2. The molecule has 0 N–H and O–H groups in total. The average molecular weight is 1460 g/mol. The van der Waals surface area contributed by atoms with Crippen molar-refractivity contribution in [3.05, 3.63) is 362 Å². The van der Waals surface area contributed by atoms with Crippen molar-refractivity contribution in [2.24, 2.45) is 35.5 Å². The van der Waals surface area contributed by atoms with Gasteiger partial charge in [-0.3, -0.25) is 0 Å². The zero-order chi connectivity index (χ0) is 72.4. The van der Waals surface area contributed by atoms with Crippen molar-refractivity contribution >= 4 is 131 Å². The summed E-state index contributed by atoms with van der Waals surface area (Å²) in [5, 5.41) is 5.34. The molecule has 534 valence electrons. The van der Waals surface area contributed by atoms with Crippen molar-refractivity contribution in [1.82, 2.24) is 0 Å². The number of anilines is 12. The van der Waals surface area contributed by atoms with E-state index in [-0.39, 0.29) is 5.41 Å². The lowest BCUT2D eigenvalue weighted by molar-refractivity contribution is -0.0251. The number of para-hydroxylation sites is 2. The van der Waals surface area contributed by atoms with E-state index in [1.807, 2.05) is 22.7 Å². The minimum Gasteiger partial charge on any atom is -0.311 e. The fourth-order valence-corrected chi connectivity index (χ4v) is 25.1. The highest BCUT2D eigenvalue weighted by molar-refractivity contribution is 7.26. The molecule has 110 heavy (non-hydrogen) atoms. The molecule has 8 saturated carbocycles. The van der Waals surface area contributed by atoms with Gasteiger partial charge in [-0.1, -0.05) is 194 Å². The Balaban J connectivity index is 0.563. The number of fused-ring (bicyclic) bond motifs is 6. The third-order valence-corrected chi connectivity index (χ3v) is 29.1. The van der Waals surface area contributed by atoms with Crippen molar-refractivity contribution in [1.29, 1.82) is 0 Å². The summed E-state index contributed by atoms with van der Waals surface area (Å²) < 4.78 is 5.44. The Bertz CT molecular complexity index is 6060. The predicted molar refractivity (Wildman–Crippen MR) is 466 cm³/mol. The molecule has 2 atom stereocenters. The topological polar surface area (TPSA) is 13.0 Å². The molecule has 8 aliphatic carbocycles. The molecule has 4 nitrogen and oxygen atoms in total. The van der Waals surface area contributed by atoms with Crippen LogP contribution in [0.3, 0.4) is 0 Å². The molecule has 8 aliphatic rings. The normalized spacial score (nSPS) is 22.1. The largest absolute Gasteiger partial charge is 0.311 e. The van der Waals surface area contributed by atoms with Gasteiger partial charge in [-0.05, 0) is 313 Å². The fraction of sp³-hybridized carbons (Fsp3) is 0.192. The summed E-state index contributed by atoms with van der Waals surface area (Å²) in [5.74, 6) is 5.28. The molecule has 6 heteroatoms. The van der Waals surface area contributed by atoms with Crippen LogP contribution in [-0.2, 0) is 10.8 Å². The summed E-state index contributed by atoms with van der Waals surface area (Å²) in [5.41, 5.74) is 23.7. The second kappa shape index (κ2) is 26.8. The summed E-state index contributed by atoms with van der Waals surface area (Å²) >= 11 is 3.90. The molecule has 16 aromatic rings. The van der Waals surface area contributed by atoms with Crippen molar-refractivity contribution in [3.63, 3.8) is 0 Å². The first-order chi connectivity index (χ1) is 54.3. The van der Waals surface area contributed by atoms with Crippen LogP contribution in [0, 0.1) is 35.5 Å². The van der Waals surface area contributed by atoms with E-state index in [0.717, 1.165) is 80.5 Å². The van der Waals surface area contributed by atoms with E-state index in [1.54, 1.807) is 11.1 Å². The first-order valence-electron chi connectivity index (χ1n) is 40.2. The summed E-state index contributed by atoms with van der Waals surface area (Å²) in [6, 6.07) is 131. The summed E-state index contributed by atoms with van der Waals surface area (Å²) in [6.07, 6.45) is 14.9. The molecule has 14 aromatic carbocycles. The molecule has 2 unspecified atom stereocenters. The first-order valence-corrected chi connectivity index (χ1v) is 41.9. The molecular formula is C104H86N4S2. The zero-order valence-electron chi connectivity index (χ0n) is 61.8. The summed E-state index contributed by atoms with van der Waals surface area (Å²) in [4.78, 5) is 9.86. The molecular weight excluding hydrogens is 1370 g/mol. The van der Waals surface area contributed by atoms with Gasteiger partial charge in [0.1, 0.15) is 0 Å². The Hall–Kier alpha value is -11.3. The second-order valence-electron chi connectivity index (χ2n) is 33.2. The maximum absolute atomic E-state index is 2.53. The van der Waals surface area contributed by atoms with Gasteiger partial charge in [0.15, 0.2) is 0 Å². The first kappa shape index (κ1) is 65.8. The molecule has 0 amide bonds. The van der Waals surface area contributed by atoms with Gasteiger partial charge in [-0.25, -0.2) is 0 Å². The van der Waals surface area contributed by atoms with Crippen LogP contribution in [0.15, 0.2) is 346 Å². The molecule has 2 heterocycles. The van der Waals surface area contributed by atoms with Crippen molar-refractivity contribution < 1.29 is 0 Å². The summed E-state index contributed by atoms with van der Waals surface area (Å²) in [6.45, 7) is 0. The maximum atomic E-state index is 2.53. The quantitative estimate of drug-likeness (QED) is 0.0901. The molecule has 2 aromatic heterocycles. The molecule has 24 rings (SSSR count). The van der Waals surface area contributed by atoms with Crippen LogP contribution >= 0.6 is 22.7 Å². The smallest absolute Gasteiger partial charge is 0.0482 e. The molecule has 8 bridgehead atoms. The van der Waals surface area contributed by atoms with E-state index >= 15 is 0 Å². The van der Waals surface area contributed by atoms with E-state index < -0.39 is 0 Å². The van der Waals surface area contributed by atoms with Gasteiger partial charge >= 0.3 is 0 Å². The van der Waals surface area contributed by atoms with Crippen molar-refractivity contribution in [2.45, 2.75) is 87.4 Å². The standard InChI is InChI=1S/C104H86N4S2/c1-5-19-73(20-6-1)75-23-15-29-87(58-75)107(84-43-37-79(38-44-84)103-63-69-53-70(64-103)55-71(54-69)65-103)90-32-17-31-89(60-90)106(82-27-11-4-12-28-82)91-50-52-99-97(61-91)95-34-18-35-96(102(95)110-99)101-77-56-72-57-78(101)68-104(66-72,67-77)80-39-41-83(42-40-80)105(81-25-9-3-10-26-81)85-45-47-86(48-46-85)108(88-30-16-24-76(59-88)74-21-7-2-8-22-74)92-49-51-94-93-33-13-14-36-98(93)109-100(94)62-92/h1-52,58-62,69-72,77-78,101H,53-57,63-68H2. The van der Waals surface area contributed by atoms with Gasteiger partial charge in [-0.15, -0.1) is 22.7 Å². The Morgan fingerprint density at radius 2 is 0.582 bits per heavy atom. The Morgan fingerprint density at radius 3 is 1.12 bits per heavy atom. The van der Waals surface area contributed by atoms with Gasteiger partial charge in [0.05, 0.1) is 0 Å². The van der Waals surface area contributed by atoms with Gasteiger partial charge in [0.2, 0.25) is 0 Å². The lowest BCUT2D eigenvalue weighted by Gasteiger charge is -2.60. The third-order valence-electron chi connectivity index (χ3n) is 26.7. The van der Waals surface area contributed by atoms with Gasteiger partial charge in [0, 0.05) is 109 Å². The van der Waals surface area contributed by atoms with Crippen molar-refractivity contribution in [2.75, 3.05) is 19.6 Å². The number of nitrogens with zero attached hydrogens (tertiary/aromatic N) is 4. The minimum absolute atomic E-state index is 0.174. The third kappa shape index (κ3) is 11.5. The lowest BCUT2D eigenvalue weighted by Crippen LogP contribution is -2.52. The number of hydrogen-bond donors (Lipinski definition) is 0. The SMILES string of the molecule is c1ccc(-c2cccc(N(c3ccc(C45CC6CC(CC(C6)C4)C5)cc3)c3cccc(N(c4ccccc4)c4ccc5sc6c(C7C8CC9CC7CC(c7ccc(N(c%10ccccc%10)c%10ccc(N(c%11cccc(-c%12ccccc%12)c%11)c%11ccc%12c(c%11)sc%11ccccc%11%12)cc%10)cc7)(C9)C8)cccc6c5c4)c3)c2)cc1. The average Bonchev–Trinajstić information content (AvgIpc) is 1.09.